The number of piperidine rings is 1. The highest BCUT2D eigenvalue weighted by Crippen LogP contribution is 2.19. The third-order valence-electron chi connectivity index (χ3n) is 2.73. The predicted molar refractivity (Wildman–Crippen MR) is 58.0 cm³/mol. The van der Waals surface area contributed by atoms with E-state index in [1.54, 1.807) is 11.3 Å². The van der Waals surface area contributed by atoms with Crippen LogP contribution in [0.25, 0.3) is 0 Å². The maximum atomic E-state index is 9.00. The molecule has 0 aromatic carbocycles. The predicted octanol–water partition coefficient (Wildman–Crippen LogP) is 2.63. The molecule has 2 heterocycles. The Morgan fingerprint density at radius 3 is 3.21 bits per heavy atom. The number of thiophene rings is 1. The zero-order valence-electron chi connectivity index (χ0n) is 8.15. The van der Waals surface area contributed by atoms with E-state index < -0.39 is 0 Å². The molecule has 3 heteroatoms. The molecule has 1 fully saturated rings. The summed E-state index contributed by atoms with van der Waals surface area (Å²) < 4.78 is 0. The van der Waals surface area contributed by atoms with Gasteiger partial charge in [0.15, 0.2) is 0 Å². The van der Waals surface area contributed by atoms with Gasteiger partial charge in [-0.05, 0) is 48.2 Å². The second-order valence-electron chi connectivity index (χ2n) is 3.74. The van der Waals surface area contributed by atoms with Crippen LogP contribution in [-0.2, 0) is 6.54 Å². The lowest BCUT2D eigenvalue weighted by molar-refractivity contribution is 0.176. The third kappa shape index (κ3) is 2.14. The molecule has 1 aromatic heterocycles. The van der Waals surface area contributed by atoms with Gasteiger partial charge in [-0.15, -0.1) is 0 Å². The minimum absolute atomic E-state index is 0.142. The molecule has 74 valence electrons. The smallest absolute Gasteiger partial charge is 0.0980 e. The fraction of sp³-hybridized carbons (Fsp3) is 0.545. The fourth-order valence-corrected chi connectivity index (χ4v) is 2.60. The molecule has 1 saturated heterocycles. The van der Waals surface area contributed by atoms with Crippen LogP contribution in [-0.4, -0.2) is 17.5 Å². The van der Waals surface area contributed by atoms with E-state index in [0.717, 1.165) is 19.5 Å². The van der Waals surface area contributed by atoms with Gasteiger partial charge < -0.3 is 0 Å². The fourth-order valence-electron chi connectivity index (χ4n) is 1.94. The topological polar surface area (TPSA) is 27.0 Å². The summed E-state index contributed by atoms with van der Waals surface area (Å²) in [6.07, 6.45) is 3.49. The van der Waals surface area contributed by atoms with E-state index in [2.05, 4.69) is 27.8 Å². The van der Waals surface area contributed by atoms with Crippen molar-refractivity contribution in [3.05, 3.63) is 22.4 Å². The van der Waals surface area contributed by atoms with Crippen LogP contribution in [0.3, 0.4) is 0 Å². The van der Waals surface area contributed by atoms with Gasteiger partial charge in [0.1, 0.15) is 0 Å². The molecular weight excluding hydrogens is 192 g/mol. The maximum absolute atomic E-state index is 9.00. The minimum Gasteiger partial charge on any atom is -0.284 e. The van der Waals surface area contributed by atoms with E-state index in [1.165, 1.54) is 18.4 Å². The lowest BCUT2D eigenvalue weighted by Crippen LogP contribution is -2.37. The molecule has 1 unspecified atom stereocenters. The van der Waals surface area contributed by atoms with Crippen LogP contribution in [0.15, 0.2) is 16.8 Å². The first-order valence-electron chi connectivity index (χ1n) is 5.05. The van der Waals surface area contributed by atoms with Crippen LogP contribution >= 0.6 is 11.3 Å². The van der Waals surface area contributed by atoms with Gasteiger partial charge in [0.2, 0.25) is 0 Å². The monoisotopic (exact) mass is 206 g/mol. The Morgan fingerprint density at radius 2 is 2.50 bits per heavy atom. The minimum atomic E-state index is 0.142. The van der Waals surface area contributed by atoms with Crippen molar-refractivity contribution in [2.24, 2.45) is 0 Å². The Balaban J connectivity index is 1.99. The molecule has 2 rings (SSSR count). The van der Waals surface area contributed by atoms with Gasteiger partial charge in [-0.3, -0.25) is 4.90 Å². The summed E-state index contributed by atoms with van der Waals surface area (Å²) in [6.45, 7) is 2.02. The second kappa shape index (κ2) is 4.59. The molecule has 0 saturated carbocycles. The number of nitriles is 1. The van der Waals surface area contributed by atoms with Crippen LogP contribution in [0.4, 0.5) is 0 Å². The average molecular weight is 206 g/mol. The number of hydrogen-bond donors (Lipinski definition) is 0. The summed E-state index contributed by atoms with van der Waals surface area (Å²) in [5, 5.41) is 13.3. The van der Waals surface area contributed by atoms with Crippen molar-refractivity contribution in [2.75, 3.05) is 6.54 Å². The highest BCUT2D eigenvalue weighted by Gasteiger charge is 2.21. The van der Waals surface area contributed by atoms with Gasteiger partial charge in [0.25, 0.3) is 0 Å². The summed E-state index contributed by atoms with van der Waals surface area (Å²) in [7, 11) is 0. The van der Waals surface area contributed by atoms with Crippen LogP contribution in [0.1, 0.15) is 24.8 Å². The molecule has 0 N–H and O–H groups in total. The molecule has 0 radical (unpaired) electrons. The van der Waals surface area contributed by atoms with E-state index in [1.807, 2.05) is 0 Å². The maximum Gasteiger partial charge on any atom is 0.0980 e. The number of likely N-dealkylation sites (tertiary alicyclic amines) is 1. The van der Waals surface area contributed by atoms with Gasteiger partial charge in [-0.25, -0.2) is 0 Å². The molecule has 1 aliphatic rings. The molecule has 1 atom stereocenters. The van der Waals surface area contributed by atoms with E-state index in [4.69, 9.17) is 5.26 Å². The molecule has 0 bridgehead atoms. The van der Waals surface area contributed by atoms with E-state index in [0.29, 0.717) is 0 Å². The van der Waals surface area contributed by atoms with Crippen LogP contribution < -0.4 is 0 Å². The van der Waals surface area contributed by atoms with Crippen LogP contribution in [0.5, 0.6) is 0 Å². The summed E-state index contributed by atoms with van der Waals surface area (Å²) in [5.41, 5.74) is 1.34. The average Bonchev–Trinajstić information content (AvgIpc) is 2.71. The Kier molecular flexibility index (Phi) is 3.18. The highest BCUT2D eigenvalue weighted by atomic mass is 32.1. The van der Waals surface area contributed by atoms with E-state index >= 15 is 0 Å². The zero-order valence-corrected chi connectivity index (χ0v) is 8.96. The Morgan fingerprint density at radius 1 is 1.57 bits per heavy atom. The first-order chi connectivity index (χ1) is 6.90. The molecule has 0 amide bonds. The highest BCUT2D eigenvalue weighted by molar-refractivity contribution is 7.07. The summed E-state index contributed by atoms with van der Waals surface area (Å²) in [6, 6.07) is 4.68. The standard InChI is InChI=1S/C11H14N2S/c12-7-11-3-1-2-5-13(11)8-10-4-6-14-9-10/h4,6,9,11H,1-3,5,8H2. The van der Waals surface area contributed by atoms with Crippen molar-refractivity contribution in [1.29, 1.82) is 5.26 Å². The molecule has 0 spiro atoms. The van der Waals surface area contributed by atoms with Gasteiger partial charge in [0.05, 0.1) is 12.1 Å². The van der Waals surface area contributed by atoms with Crippen LogP contribution in [0.2, 0.25) is 0 Å². The Labute approximate surface area is 88.8 Å². The number of nitrogens with zero attached hydrogens (tertiary/aromatic N) is 2. The van der Waals surface area contributed by atoms with E-state index in [9.17, 15) is 0 Å². The van der Waals surface area contributed by atoms with Gasteiger partial charge in [-0.2, -0.15) is 16.6 Å². The summed E-state index contributed by atoms with van der Waals surface area (Å²) in [5.74, 6) is 0. The first kappa shape index (κ1) is 9.70. The quantitative estimate of drug-likeness (QED) is 0.743. The molecular formula is C11H14N2S. The molecule has 0 aliphatic carbocycles. The van der Waals surface area contributed by atoms with Crippen molar-refractivity contribution in [1.82, 2.24) is 4.90 Å². The van der Waals surface area contributed by atoms with Crippen molar-refractivity contribution in [3.8, 4) is 6.07 Å². The number of hydrogen-bond acceptors (Lipinski definition) is 3. The van der Waals surface area contributed by atoms with Gasteiger partial charge in [-0.1, -0.05) is 0 Å². The SMILES string of the molecule is N#CC1CCCCN1Cc1ccsc1. The normalized spacial score (nSPS) is 23.2. The lowest BCUT2D eigenvalue weighted by atomic mass is 10.0. The van der Waals surface area contributed by atoms with Crippen LogP contribution in [0, 0.1) is 11.3 Å². The zero-order chi connectivity index (χ0) is 9.80. The third-order valence-corrected chi connectivity index (χ3v) is 3.46. The molecule has 2 nitrogen and oxygen atoms in total. The Hall–Kier alpha value is -0.850. The summed E-state index contributed by atoms with van der Waals surface area (Å²) >= 11 is 1.73. The molecule has 1 aromatic rings. The van der Waals surface area contributed by atoms with Gasteiger partial charge >= 0.3 is 0 Å². The Bertz CT molecular complexity index is 313. The van der Waals surface area contributed by atoms with Crippen molar-refractivity contribution in [3.63, 3.8) is 0 Å². The van der Waals surface area contributed by atoms with Crippen molar-refractivity contribution in [2.45, 2.75) is 31.8 Å². The lowest BCUT2D eigenvalue weighted by Gasteiger charge is -2.30. The summed E-state index contributed by atoms with van der Waals surface area (Å²) in [4.78, 5) is 2.30. The largest absolute Gasteiger partial charge is 0.284 e. The van der Waals surface area contributed by atoms with Gasteiger partial charge in [0, 0.05) is 6.54 Å². The molecule has 14 heavy (non-hydrogen) atoms. The van der Waals surface area contributed by atoms with E-state index in [-0.39, 0.29) is 6.04 Å². The van der Waals surface area contributed by atoms with Crippen molar-refractivity contribution < 1.29 is 0 Å². The second-order valence-corrected chi connectivity index (χ2v) is 4.52. The number of rotatable bonds is 2. The first-order valence-corrected chi connectivity index (χ1v) is 5.99. The van der Waals surface area contributed by atoms with Crippen molar-refractivity contribution >= 4 is 11.3 Å². The molecule has 1 aliphatic heterocycles.